The molecule has 4 N–H and O–H groups in total. The Labute approximate surface area is 90.0 Å². The summed E-state index contributed by atoms with van der Waals surface area (Å²) < 4.78 is 0. The number of hydrogen-bond acceptors (Lipinski definition) is 3. The van der Waals surface area contributed by atoms with E-state index in [1.54, 1.807) is 6.92 Å². The van der Waals surface area contributed by atoms with Gasteiger partial charge in [-0.1, -0.05) is 20.8 Å². The molecule has 0 aromatic rings. The Bertz CT molecular complexity index is 229. The van der Waals surface area contributed by atoms with Crippen molar-refractivity contribution in [2.75, 3.05) is 0 Å². The summed E-state index contributed by atoms with van der Waals surface area (Å²) in [4.78, 5) is 22.2. The van der Waals surface area contributed by atoms with Crippen LogP contribution in [0.5, 0.6) is 0 Å². The third kappa shape index (κ3) is 5.37. The zero-order chi connectivity index (χ0) is 12.0. The predicted octanol–water partition coefficient (Wildman–Crippen LogP) is 0.339. The molecule has 1 amide bonds. The summed E-state index contributed by atoms with van der Waals surface area (Å²) in [6.45, 7) is 5.59. The number of carboxylic acids is 1. The number of carbonyl (C=O) groups is 2. The summed E-state index contributed by atoms with van der Waals surface area (Å²) in [7, 11) is 0. The van der Waals surface area contributed by atoms with E-state index in [2.05, 4.69) is 5.32 Å². The molecule has 0 fully saturated rings. The van der Waals surface area contributed by atoms with E-state index in [-0.39, 0.29) is 5.92 Å². The van der Waals surface area contributed by atoms with E-state index in [0.29, 0.717) is 12.8 Å². The van der Waals surface area contributed by atoms with E-state index in [1.807, 2.05) is 13.8 Å². The van der Waals surface area contributed by atoms with Gasteiger partial charge in [0, 0.05) is 0 Å². The van der Waals surface area contributed by atoms with E-state index in [9.17, 15) is 9.59 Å². The fourth-order valence-corrected chi connectivity index (χ4v) is 1.16. The van der Waals surface area contributed by atoms with Crippen LogP contribution in [-0.4, -0.2) is 29.1 Å². The fraction of sp³-hybridized carbons (Fsp3) is 0.800. The number of nitrogens with two attached hydrogens (primary N) is 1. The second kappa shape index (κ2) is 6.40. The smallest absolute Gasteiger partial charge is 0.326 e. The molecule has 0 aromatic heterocycles. The molecule has 0 unspecified atom stereocenters. The van der Waals surface area contributed by atoms with Crippen LogP contribution in [0.25, 0.3) is 0 Å². The third-order valence-electron chi connectivity index (χ3n) is 2.10. The summed E-state index contributed by atoms with van der Waals surface area (Å²) in [5.74, 6) is -1.20. The molecule has 0 saturated carbocycles. The summed E-state index contributed by atoms with van der Waals surface area (Å²) in [6, 6.07) is -1.46. The second-order valence-electron chi connectivity index (χ2n) is 4.04. The van der Waals surface area contributed by atoms with Gasteiger partial charge in [0.2, 0.25) is 5.91 Å². The van der Waals surface area contributed by atoms with Crippen LogP contribution in [0.1, 0.15) is 33.6 Å². The highest BCUT2D eigenvalue weighted by atomic mass is 16.4. The van der Waals surface area contributed by atoms with Gasteiger partial charge in [0.15, 0.2) is 0 Å². The highest BCUT2D eigenvalue weighted by Crippen LogP contribution is 2.05. The minimum Gasteiger partial charge on any atom is -0.480 e. The minimum atomic E-state index is -1.01. The van der Waals surface area contributed by atoms with Crippen molar-refractivity contribution in [3.8, 4) is 0 Å². The summed E-state index contributed by atoms with van der Waals surface area (Å²) in [6.07, 6.45) is 0.914. The Morgan fingerprint density at radius 3 is 2.27 bits per heavy atom. The summed E-state index contributed by atoms with van der Waals surface area (Å²) >= 11 is 0. The van der Waals surface area contributed by atoms with Gasteiger partial charge in [-0.2, -0.15) is 0 Å². The van der Waals surface area contributed by atoms with Crippen LogP contribution in [0.4, 0.5) is 0 Å². The first-order chi connectivity index (χ1) is 6.88. The Kier molecular flexibility index (Phi) is 5.93. The van der Waals surface area contributed by atoms with Crippen LogP contribution >= 0.6 is 0 Å². The summed E-state index contributed by atoms with van der Waals surface area (Å²) in [5, 5.41) is 11.3. The van der Waals surface area contributed by atoms with Crippen molar-refractivity contribution in [2.24, 2.45) is 11.7 Å². The van der Waals surface area contributed by atoms with Crippen molar-refractivity contribution in [2.45, 2.75) is 45.7 Å². The quantitative estimate of drug-likeness (QED) is 0.597. The zero-order valence-electron chi connectivity index (χ0n) is 9.49. The number of carboxylic acid groups (broad SMARTS) is 1. The van der Waals surface area contributed by atoms with Crippen LogP contribution in [0.3, 0.4) is 0 Å². The van der Waals surface area contributed by atoms with Gasteiger partial charge in [-0.25, -0.2) is 4.79 Å². The maximum atomic E-state index is 11.4. The van der Waals surface area contributed by atoms with E-state index in [1.165, 1.54) is 0 Å². The topological polar surface area (TPSA) is 92.4 Å². The molecule has 0 rings (SSSR count). The van der Waals surface area contributed by atoms with E-state index >= 15 is 0 Å². The molecule has 2 atom stereocenters. The Morgan fingerprint density at radius 1 is 1.40 bits per heavy atom. The van der Waals surface area contributed by atoms with Crippen molar-refractivity contribution >= 4 is 11.9 Å². The lowest BCUT2D eigenvalue weighted by molar-refractivity contribution is -0.142. The molecule has 15 heavy (non-hydrogen) atoms. The number of aliphatic carboxylic acids is 1. The zero-order valence-corrected chi connectivity index (χ0v) is 9.49. The highest BCUT2D eigenvalue weighted by Gasteiger charge is 2.23. The lowest BCUT2D eigenvalue weighted by Crippen LogP contribution is -2.48. The van der Waals surface area contributed by atoms with Crippen molar-refractivity contribution in [3.05, 3.63) is 0 Å². The number of carbonyl (C=O) groups excluding carboxylic acids is 1. The molecule has 0 spiro atoms. The molecule has 0 aliphatic heterocycles. The molecule has 88 valence electrons. The minimum absolute atomic E-state index is 0.212. The van der Waals surface area contributed by atoms with Crippen LogP contribution in [0, 0.1) is 5.92 Å². The van der Waals surface area contributed by atoms with Gasteiger partial charge in [0.25, 0.3) is 0 Å². The van der Waals surface area contributed by atoms with Gasteiger partial charge in [-0.3, -0.25) is 4.79 Å². The van der Waals surface area contributed by atoms with Gasteiger partial charge in [0.1, 0.15) is 6.04 Å². The number of rotatable bonds is 6. The first-order valence-corrected chi connectivity index (χ1v) is 5.17. The standard InChI is InChI=1S/C10H20N2O3/c1-4-7(11)9(13)12-8(10(14)15)5-6(2)3/h6-8H,4-5,11H2,1-3H3,(H,12,13)(H,14,15)/t7-,8-/m0/s1. The molecule has 0 heterocycles. The van der Waals surface area contributed by atoms with E-state index < -0.39 is 24.0 Å². The highest BCUT2D eigenvalue weighted by molar-refractivity contribution is 5.86. The molecule has 0 saturated heterocycles. The van der Waals surface area contributed by atoms with Crippen LogP contribution < -0.4 is 11.1 Å². The van der Waals surface area contributed by atoms with E-state index in [0.717, 1.165) is 0 Å². The second-order valence-corrected chi connectivity index (χ2v) is 4.04. The number of nitrogens with one attached hydrogen (secondary N) is 1. The molecule has 0 aliphatic rings. The average Bonchev–Trinajstić information content (AvgIpc) is 2.14. The van der Waals surface area contributed by atoms with Crippen LogP contribution in [0.2, 0.25) is 0 Å². The predicted molar refractivity (Wildman–Crippen MR) is 57.3 cm³/mol. The number of amides is 1. The van der Waals surface area contributed by atoms with Gasteiger partial charge in [-0.05, 0) is 18.8 Å². The molecular formula is C10H20N2O3. The van der Waals surface area contributed by atoms with Gasteiger partial charge >= 0.3 is 5.97 Å². The van der Waals surface area contributed by atoms with E-state index in [4.69, 9.17) is 10.8 Å². The normalized spacial score (nSPS) is 14.7. The summed E-state index contributed by atoms with van der Waals surface area (Å²) in [5.41, 5.74) is 5.49. The lowest BCUT2D eigenvalue weighted by Gasteiger charge is -2.18. The maximum absolute atomic E-state index is 11.4. The van der Waals surface area contributed by atoms with Gasteiger partial charge in [0.05, 0.1) is 6.04 Å². The first-order valence-electron chi connectivity index (χ1n) is 5.17. The van der Waals surface area contributed by atoms with Crippen LogP contribution in [0.15, 0.2) is 0 Å². The molecule has 0 aliphatic carbocycles. The van der Waals surface area contributed by atoms with Crippen molar-refractivity contribution in [1.29, 1.82) is 0 Å². The molecule has 0 aromatic carbocycles. The molecule has 5 heteroatoms. The molecule has 5 nitrogen and oxygen atoms in total. The van der Waals surface area contributed by atoms with Crippen molar-refractivity contribution in [3.63, 3.8) is 0 Å². The number of hydrogen-bond donors (Lipinski definition) is 3. The maximum Gasteiger partial charge on any atom is 0.326 e. The Balaban J connectivity index is 4.29. The largest absolute Gasteiger partial charge is 0.480 e. The third-order valence-corrected chi connectivity index (χ3v) is 2.10. The van der Waals surface area contributed by atoms with Gasteiger partial charge in [-0.15, -0.1) is 0 Å². The van der Waals surface area contributed by atoms with Crippen LogP contribution in [-0.2, 0) is 9.59 Å². The first kappa shape index (κ1) is 13.9. The van der Waals surface area contributed by atoms with Crippen molar-refractivity contribution < 1.29 is 14.7 Å². The SMILES string of the molecule is CC[C@H](N)C(=O)N[C@@H](CC(C)C)C(=O)O. The van der Waals surface area contributed by atoms with Gasteiger partial charge < -0.3 is 16.2 Å². The Hall–Kier alpha value is -1.10. The lowest BCUT2D eigenvalue weighted by atomic mass is 10.0. The average molecular weight is 216 g/mol. The molecular weight excluding hydrogens is 196 g/mol. The Morgan fingerprint density at radius 2 is 1.93 bits per heavy atom. The van der Waals surface area contributed by atoms with Crippen molar-refractivity contribution in [1.82, 2.24) is 5.32 Å². The monoisotopic (exact) mass is 216 g/mol. The molecule has 0 bridgehead atoms. The fourth-order valence-electron chi connectivity index (χ4n) is 1.16. The molecule has 0 radical (unpaired) electrons.